The van der Waals surface area contributed by atoms with Gasteiger partial charge >= 0.3 is 0 Å². The van der Waals surface area contributed by atoms with E-state index in [9.17, 15) is 13.2 Å². The van der Waals surface area contributed by atoms with Crippen molar-refractivity contribution in [3.8, 4) is 0 Å². The number of hydrogen-bond acceptors (Lipinski definition) is 5. The maximum absolute atomic E-state index is 12.4. The molecule has 1 aliphatic heterocycles. The third-order valence-electron chi connectivity index (χ3n) is 3.35. The molecule has 116 valence electrons. The molecule has 1 aromatic heterocycles. The summed E-state index contributed by atoms with van der Waals surface area (Å²) in [6, 6.07) is 2.71. The van der Waals surface area contributed by atoms with Crippen molar-refractivity contribution in [1.82, 2.24) is 14.6 Å². The molecular formula is C13H20N4O3S. The van der Waals surface area contributed by atoms with Gasteiger partial charge in [0.2, 0.25) is 15.9 Å². The van der Waals surface area contributed by atoms with Crippen LogP contribution >= 0.6 is 0 Å². The zero-order chi connectivity index (χ0) is 15.5. The second kappa shape index (κ2) is 6.40. The number of carbonyl (C=O) groups is 1. The molecule has 2 heterocycles. The van der Waals surface area contributed by atoms with Crippen molar-refractivity contribution in [3.63, 3.8) is 0 Å². The third kappa shape index (κ3) is 3.92. The van der Waals surface area contributed by atoms with E-state index in [0.717, 1.165) is 0 Å². The van der Waals surface area contributed by atoms with Gasteiger partial charge in [-0.3, -0.25) is 4.79 Å². The normalized spacial score (nSPS) is 19.6. The topological polar surface area (TPSA) is 91.4 Å². The summed E-state index contributed by atoms with van der Waals surface area (Å²) < 4.78 is 27.4. The Morgan fingerprint density at radius 3 is 2.90 bits per heavy atom. The summed E-state index contributed by atoms with van der Waals surface area (Å²) in [6.45, 7) is 2.97. The number of aromatic nitrogens is 1. The van der Waals surface area contributed by atoms with Crippen LogP contribution in [0.5, 0.6) is 0 Å². The summed E-state index contributed by atoms with van der Waals surface area (Å²) in [5.41, 5.74) is 0. The Bertz CT molecular complexity index is 618. The molecule has 0 bridgehead atoms. The molecule has 7 nitrogen and oxygen atoms in total. The molecule has 1 unspecified atom stereocenters. The van der Waals surface area contributed by atoms with Crippen LogP contribution in [-0.2, 0) is 14.8 Å². The lowest BCUT2D eigenvalue weighted by Crippen LogP contribution is -2.48. The number of pyridine rings is 1. The largest absolute Gasteiger partial charge is 0.370 e. The van der Waals surface area contributed by atoms with Gasteiger partial charge in [0, 0.05) is 44.9 Å². The number of carbonyl (C=O) groups excluding carboxylic acids is 1. The lowest BCUT2D eigenvalue weighted by molar-refractivity contribution is -0.132. The van der Waals surface area contributed by atoms with Crippen LogP contribution in [-0.4, -0.2) is 50.4 Å². The standard InChI is InChI=1S/C13H20N4O3S/c1-3-14-12-8-11(6-7-15-12)21(19,20)16-10-4-5-13(18)17(2)9-10/h6-8,10,16H,3-5,9H2,1-2H3,(H,14,15). The highest BCUT2D eigenvalue weighted by Gasteiger charge is 2.27. The number of hydrogen-bond donors (Lipinski definition) is 2. The maximum atomic E-state index is 12.4. The number of sulfonamides is 1. The number of piperidine rings is 1. The van der Waals surface area contributed by atoms with Gasteiger partial charge in [-0.05, 0) is 19.4 Å². The monoisotopic (exact) mass is 312 g/mol. The number of nitrogens with one attached hydrogen (secondary N) is 2. The summed E-state index contributed by atoms with van der Waals surface area (Å²) in [5, 5.41) is 2.98. The second-order valence-electron chi connectivity index (χ2n) is 5.04. The molecule has 1 fully saturated rings. The van der Waals surface area contributed by atoms with E-state index in [-0.39, 0.29) is 16.8 Å². The van der Waals surface area contributed by atoms with Crippen LogP contribution in [0.2, 0.25) is 0 Å². The number of rotatable bonds is 5. The first-order valence-electron chi connectivity index (χ1n) is 6.88. The van der Waals surface area contributed by atoms with Gasteiger partial charge in [0.1, 0.15) is 5.82 Å². The van der Waals surface area contributed by atoms with E-state index in [1.54, 1.807) is 11.9 Å². The number of likely N-dealkylation sites (tertiary alicyclic amines) is 1. The van der Waals surface area contributed by atoms with E-state index in [4.69, 9.17) is 0 Å². The third-order valence-corrected chi connectivity index (χ3v) is 4.87. The number of likely N-dealkylation sites (N-methyl/N-ethyl adjacent to an activating group) is 1. The Balaban J connectivity index is 2.11. The van der Waals surface area contributed by atoms with E-state index >= 15 is 0 Å². The molecule has 0 aromatic carbocycles. The van der Waals surface area contributed by atoms with E-state index in [2.05, 4.69) is 15.0 Å². The van der Waals surface area contributed by atoms with Crippen molar-refractivity contribution >= 4 is 21.7 Å². The van der Waals surface area contributed by atoms with Crippen molar-refractivity contribution < 1.29 is 13.2 Å². The quantitative estimate of drug-likeness (QED) is 0.822. The molecule has 2 rings (SSSR count). The van der Waals surface area contributed by atoms with Crippen molar-refractivity contribution in [3.05, 3.63) is 18.3 Å². The van der Waals surface area contributed by atoms with Crippen molar-refractivity contribution in [1.29, 1.82) is 0 Å². The van der Waals surface area contributed by atoms with E-state index in [0.29, 0.717) is 31.7 Å². The average molecular weight is 312 g/mol. The molecule has 1 amide bonds. The first-order valence-corrected chi connectivity index (χ1v) is 8.37. The molecule has 1 saturated heterocycles. The van der Waals surface area contributed by atoms with E-state index < -0.39 is 10.0 Å². The molecule has 0 radical (unpaired) electrons. The SMILES string of the molecule is CCNc1cc(S(=O)(=O)NC2CCC(=O)N(C)C2)ccn1. The fourth-order valence-electron chi connectivity index (χ4n) is 2.25. The molecule has 21 heavy (non-hydrogen) atoms. The zero-order valence-corrected chi connectivity index (χ0v) is 13.0. The number of anilines is 1. The summed E-state index contributed by atoms with van der Waals surface area (Å²) >= 11 is 0. The summed E-state index contributed by atoms with van der Waals surface area (Å²) in [4.78, 5) is 17.2. The smallest absolute Gasteiger partial charge is 0.241 e. The minimum absolute atomic E-state index is 0.0452. The highest BCUT2D eigenvalue weighted by atomic mass is 32.2. The lowest BCUT2D eigenvalue weighted by Gasteiger charge is -2.29. The highest BCUT2D eigenvalue weighted by Crippen LogP contribution is 2.16. The first kappa shape index (κ1) is 15.7. The minimum Gasteiger partial charge on any atom is -0.370 e. The average Bonchev–Trinajstić information content (AvgIpc) is 2.43. The minimum atomic E-state index is -3.61. The Hall–Kier alpha value is -1.67. The molecule has 1 aromatic rings. The molecular weight excluding hydrogens is 292 g/mol. The molecule has 8 heteroatoms. The molecule has 0 spiro atoms. The fraction of sp³-hybridized carbons (Fsp3) is 0.538. The molecule has 0 saturated carbocycles. The van der Waals surface area contributed by atoms with Gasteiger partial charge in [-0.1, -0.05) is 0 Å². The van der Waals surface area contributed by atoms with Gasteiger partial charge in [0.25, 0.3) is 0 Å². The molecule has 1 aliphatic rings. The maximum Gasteiger partial charge on any atom is 0.241 e. The van der Waals surface area contributed by atoms with Gasteiger partial charge in [-0.15, -0.1) is 0 Å². The van der Waals surface area contributed by atoms with Gasteiger partial charge in [-0.2, -0.15) is 0 Å². The zero-order valence-electron chi connectivity index (χ0n) is 12.2. The van der Waals surface area contributed by atoms with Gasteiger partial charge < -0.3 is 10.2 Å². The Morgan fingerprint density at radius 1 is 1.48 bits per heavy atom. The van der Waals surface area contributed by atoms with E-state index in [1.807, 2.05) is 6.92 Å². The summed E-state index contributed by atoms with van der Waals surface area (Å²) in [7, 11) is -1.93. The number of amides is 1. The van der Waals surface area contributed by atoms with Crippen LogP contribution in [0.1, 0.15) is 19.8 Å². The lowest BCUT2D eigenvalue weighted by atomic mass is 10.1. The van der Waals surface area contributed by atoms with Gasteiger partial charge in [0.15, 0.2) is 0 Å². The molecule has 0 aliphatic carbocycles. The van der Waals surface area contributed by atoms with Gasteiger partial charge in [-0.25, -0.2) is 18.1 Å². The van der Waals surface area contributed by atoms with E-state index in [1.165, 1.54) is 18.3 Å². The van der Waals surface area contributed by atoms with Crippen LogP contribution in [0.4, 0.5) is 5.82 Å². The summed E-state index contributed by atoms with van der Waals surface area (Å²) in [6.07, 6.45) is 2.35. The highest BCUT2D eigenvalue weighted by molar-refractivity contribution is 7.89. The second-order valence-corrected chi connectivity index (χ2v) is 6.75. The van der Waals surface area contributed by atoms with Crippen LogP contribution in [0, 0.1) is 0 Å². The van der Waals surface area contributed by atoms with Crippen LogP contribution in [0.3, 0.4) is 0 Å². The first-order chi connectivity index (χ1) is 9.92. The van der Waals surface area contributed by atoms with Crippen molar-refractivity contribution in [2.75, 3.05) is 25.5 Å². The fourth-order valence-corrected chi connectivity index (χ4v) is 3.53. The van der Waals surface area contributed by atoms with Crippen LogP contribution in [0.25, 0.3) is 0 Å². The van der Waals surface area contributed by atoms with Crippen LogP contribution in [0.15, 0.2) is 23.2 Å². The Kier molecular flexibility index (Phi) is 4.79. The van der Waals surface area contributed by atoms with Crippen LogP contribution < -0.4 is 10.0 Å². The summed E-state index contributed by atoms with van der Waals surface area (Å²) in [5.74, 6) is 0.570. The van der Waals surface area contributed by atoms with Crippen molar-refractivity contribution in [2.45, 2.75) is 30.7 Å². The van der Waals surface area contributed by atoms with Gasteiger partial charge in [0.05, 0.1) is 4.90 Å². The number of nitrogens with zero attached hydrogens (tertiary/aromatic N) is 2. The predicted octanol–water partition coefficient (Wildman–Crippen LogP) is 0.412. The Morgan fingerprint density at radius 2 is 2.24 bits per heavy atom. The predicted molar refractivity (Wildman–Crippen MR) is 79.4 cm³/mol. The molecule has 2 N–H and O–H groups in total. The van der Waals surface area contributed by atoms with Crippen molar-refractivity contribution in [2.24, 2.45) is 0 Å². The molecule has 1 atom stereocenters. The Labute approximate surface area is 124 Å².